The van der Waals surface area contributed by atoms with Crippen molar-refractivity contribution in [3.8, 4) is 6.07 Å². The van der Waals surface area contributed by atoms with Crippen molar-refractivity contribution < 1.29 is 0 Å². The number of anilines is 1. The molecule has 1 heterocycles. The van der Waals surface area contributed by atoms with E-state index >= 15 is 0 Å². The number of nitrogen functional groups attached to an aromatic ring is 1. The first-order valence-electron chi connectivity index (χ1n) is 4.97. The lowest BCUT2D eigenvalue weighted by molar-refractivity contribution is 0.689. The molecule has 4 heteroatoms. The zero-order valence-electron chi connectivity index (χ0n) is 9.01. The quantitative estimate of drug-likeness (QED) is 0.823. The van der Waals surface area contributed by atoms with E-state index in [-0.39, 0.29) is 5.82 Å². The van der Waals surface area contributed by atoms with Gasteiger partial charge in [0.25, 0.3) is 0 Å². The van der Waals surface area contributed by atoms with Gasteiger partial charge >= 0.3 is 0 Å². The molecule has 0 radical (unpaired) electrons. The van der Waals surface area contributed by atoms with Gasteiger partial charge in [0, 0.05) is 6.20 Å². The standard InChI is InChI=1S/C12H12N4/c1-9-3-2-4-10(5-9)7-16-8-11(6-13)12(14)15-16/h2-5,8H,7H2,1H3,(H2,14,15). The van der Waals surface area contributed by atoms with Gasteiger partial charge in [-0.05, 0) is 12.5 Å². The van der Waals surface area contributed by atoms with Crippen LogP contribution in [0.3, 0.4) is 0 Å². The number of nitrogens with two attached hydrogens (primary N) is 1. The third kappa shape index (κ3) is 2.04. The highest BCUT2D eigenvalue weighted by Crippen LogP contribution is 2.10. The van der Waals surface area contributed by atoms with E-state index in [0.717, 1.165) is 5.56 Å². The van der Waals surface area contributed by atoms with E-state index in [2.05, 4.69) is 11.2 Å². The molecular weight excluding hydrogens is 200 g/mol. The Morgan fingerprint density at radius 3 is 2.94 bits per heavy atom. The molecule has 0 aliphatic heterocycles. The highest BCUT2D eigenvalue weighted by atomic mass is 15.3. The van der Waals surface area contributed by atoms with Crippen LogP contribution >= 0.6 is 0 Å². The first-order valence-corrected chi connectivity index (χ1v) is 4.97. The molecule has 0 spiro atoms. The van der Waals surface area contributed by atoms with Crippen molar-refractivity contribution in [2.24, 2.45) is 0 Å². The smallest absolute Gasteiger partial charge is 0.163 e. The van der Waals surface area contributed by atoms with Crippen LogP contribution in [0.1, 0.15) is 16.7 Å². The maximum atomic E-state index is 8.76. The minimum absolute atomic E-state index is 0.287. The number of nitrogens with zero attached hydrogens (tertiary/aromatic N) is 3. The van der Waals surface area contributed by atoms with Crippen molar-refractivity contribution in [2.45, 2.75) is 13.5 Å². The van der Waals surface area contributed by atoms with Gasteiger partial charge in [0.05, 0.1) is 6.54 Å². The number of hydrogen-bond donors (Lipinski definition) is 1. The molecule has 1 aromatic carbocycles. The Morgan fingerprint density at radius 1 is 1.50 bits per heavy atom. The van der Waals surface area contributed by atoms with Crippen LogP contribution in [-0.4, -0.2) is 9.78 Å². The topological polar surface area (TPSA) is 67.6 Å². The number of aromatic nitrogens is 2. The number of rotatable bonds is 2. The Hall–Kier alpha value is -2.28. The third-order valence-corrected chi connectivity index (χ3v) is 2.34. The zero-order valence-corrected chi connectivity index (χ0v) is 9.01. The molecule has 1 aromatic heterocycles. The molecule has 0 bridgehead atoms. The van der Waals surface area contributed by atoms with Crippen LogP contribution < -0.4 is 5.73 Å². The second-order valence-corrected chi connectivity index (χ2v) is 3.73. The fourth-order valence-electron chi connectivity index (χ4n) is 1.60. The Bertz CT molecular complexity index is 548. The molecule has 16 heavy (non-hydrogen) atoms. The normalized spacial score (nSPS) is 10.0. The van der Waals surface area contributed by atoms with Crippen LogP contribution in [0.25, 0.3) is 0 Å². The predicted octanol–water partition coefficient (Wildman–Crippen LogP) is 1.69. The molecule has 0 saturated heterocycles. The average molecular weight is 212 g/mol. The first-order chi connectivity index (χ1) is 7.69. The molecule has 0 unspecified atom stereocenters. The fraction of sp³-hybridized carbons (Fsp3) is 0.167. The molecule has 0 amide bonds. The van der Waals surface area contributed by atoms with Crippen LogP contribution in [-0.2, 0) is 6.54 Å². The van der Waals surface area contributed by atoms with Crippen LogP contribution in [0.5, 0.6) is 0 Å². The summed E-state index contributed by atoms with van der Waals surface area (Å²) in [6.45, 7) is 2.68. The van der Waals surface area contributed by atoms with Crippen LogP contribution in [0.15, 0.2) is 30.5 Å². The van der Waals surface area contributed by atoms with E-state index < -0.39 is 0 Å². The van der Waals surface area contributed by atoms with E-state index in [4.69, 9.17) is 11.0 Å². The van der Waals surface area contributed by atoms with Gasteiger partial charge in [0.1, 0.15) is 11.6 Å². The number of nitriles is 1. The van der Waals surface area contributed by atoms with Crippen LogP contribution in [0.4, 0.5) is 5.82 Å². The van der Waals surface area contributed by atoms with Gasteiger partial charge in [0.2, 0.25) is 0 Å². The summed E-state index contributed by atoms with van der Waals surface area (Å²) in [5, 5.41) is 12.8. The van der Waals surface area contributed by atoms with Gasteiger partial charge < -0.3 is 5.73 Å². The molecule has 0 atom stereocenters. The molecule has 80 valence electrons. The fourth-order valence-corrected chi connectivity index (χ4v) is 1.60. The summed E-state index contributed by atoms with van der Waals surface area (Å²) in [5.74, 6) is 0.287. The van der Waals surface area contributed by atoms with Crippen LogP contribution in [0.2, 0.25) is 0 Å². The van der Waals surface area contributed by atoms with Crippen molar-refractivity contribution in [3.63, 3.8) is 0 Å². The van der Waals surface area contributed by atoms with E-state index in [1.165, 1.54) is 5.56 Å². The first kappa shape index (κ1) is 10.2. The van der Waals surface area contributed by atoms with Gasteiger partial charge in [-0.25, -0.2) is 0 Å². The summed E-state index contributed by atoms with van der Waals surface area (Å²) in [4.78, 5) is 0. The molecule has 0 aliphatic rings. The molecule has 2 rings (SSSR count). The molecule has 2 aromatic rings. The lowest BCUT2D eigenvalue weighted by Crippen LogP contribution is -2.01. The largest absolute Gasteiger partial charge is 0.381 e. The summed E-state index contributed by atoms with van der Waals surface area (Å²) >= 11 is 0. The highest BCUT2D eigenvalue weighted by molar-refractivity contribution is 5.46. The van der Waals surface area contributed by atoms with E-state index in [1.807, 2.05) is 31.2 Å². The SMILES string of the molecule is Cc1cccc(Cn2cc(C#N)c(N)n2)c1. The Balaban J connectivity index is 2.24. The summed E-state index contributed by atoms with van der Waals surface area (Å²) in [6.07, 6.45) is 1.66. The molecule has 0 saturated carbocycles. The molecule has 0 fully saturated rings. The average Bonchev–Trinajstić information content (AvgIpc) is 2.58. The van der Waals surface area contributed by atoms with Crippen molar-refractivity contribution in [1.82, 2.24) is 9.78 Å². The molecular formula is C12H12N4. The summed E-state index contributed by atoms with van der Waals surface area (Å²) < 4.78 is 1.68. The highest BCUT2D eigenvalue weighted by Gasteiger charge is 2.04. The predicted molar refractivity (Wildman–Crippen MR) is 61.6 cm³/mol. The maximum Gasteiger partial charge on any atom is 0.163 e. The lowest BCUT2D eigenvalue weighted by Gasteiger charge is -2.02. The van der Waals surface area contributed by atoms with Gasteiger partial charge in [-0.15, -0.1) is 0 Å². The Morgan fingerprint density at radius 2 is 2.31 bits per heavy atom. The van der Waals surface area contributed by atoms with Crippen LogP contribution in [0, 0.1) is 18.3 Å². The monoisotopic (exact) mass is 212 g/mol. The van der Waals surface area contributed by atoms with E-state index in [1.54, 1.807) is 10.9 Å². The number of hydrogen-bond acceptors (Lipinski definition) is 3. The van der Waals surface area contributed by atoms with Gasteiger partial charge in [0.15, 0.2) is 5.82 Å². The van der Waals surface area contributed by atoms with Crippen molar-refractivity contribution in [2.75, 3.05) is 5.73 Å². The van der Waals surface area contributed by atoms with Gasteiger partial charge in [-0.1, -0.05) is 29.8 Å². The second-order valence-electron chi connectivity index (χ2n) is 3.73. The molecule has 4 nitrogen and oxygen atoms in total. The van der Waals surface area contributed by atoms with E-state index in [9.17, 15) is 0 Å². The summed E-state index contributed by atoms with van der Waals surface area (Å²) in [5.41, 5.74) is 8.36. The van der Waals surface area contributed by atoms with Gasteiger partial charge in [-0.3, -0.25) is 4.68 Å². The minimum atomic E-state index is 0.287. The molecule has 2 N–H and O–H groups in total. The number of aryl methyl sites for hydroxylation is 1. The Kier molecular flexibility index (Phi) is 2.61. The zero-order chi connectivity index (χ0) is 11.5. The van der Waals surface area contributed by atoms with Crippen molar-refractivity contribution in [3.05, 3.63) is 47.2 Å². The summed E-state index contributed by atoms with van der Waals surface area (Å²) in [7, 11) is 0. The maximum absolute atomic E-state index is 8.76. The van der Waals surface area contributed by atoms with Gasteiger partial charge in [-0.2, -0.15) is 10.4 Å². The lowest BCUT2D eigenvalue weighted by atomic mass is 10.1. The number of benzene rings is 1. The van der Waals surface area contributed by atoms with Crippen molar-refractivity contribution in [1.29, 1.82) is 5.26 Å². The second kappa shape index (κ2) is 4.07. The third-order valence-electron chi connectivity index (χ3n) is 2.34. The summed E-state index contributed by atoms with van der Waals surface area (Å²) in [6, 6.07) is 10.2. The van der Waals surface area contributed by atoms with Crippen molar-refractivity contribution >= 4 is 5.82 Å². The Labute approximate surface area is 93.9 Å². The molecule has 0 aliphatic carbocycles. The minimum Gasteiger partial charge on any atom is -0.381 e. The van der Waals surface area contributed by atoms with E-state index in [0.29, 0.717) is 12.1 Å².